The van der Waals surface area contributed by atoms with Gasteiger partial charge in [0.2, 0.25) is 0 Å². The van der Waals surface area contributed by atoms with E-state index >= 15 is 0 Å². The summed E-state index contributed by atoms with van der Waals surface area (Å²) in [5, 5.41) is 8.05. The van der Waals surface area contributed by atoms with Crippen LogP contribution in [0.2, 0.25) is 13.1 Å². The molecule has 0 aliphatic carbocycles. The second kappa shape index (κ2) is 10.4. The van der Waals surface area contributed by atoms with Crippen LogP contribution in [0.15, 0.2) is 97.1 Å². The largest absolute Gasteiger partial charge is 1.00 e. The monoisotopic (exact) mass is 520 g/mol. The number of rotatable bonds is 0. The zero-order valence-electron chi connectivity index (χ0n) is 17.2. The van der Waals surface area contributed by atoms with Gasteiger partial charge in [0.05, 0.1) is 0 Å². The Morgan fingerprint density at radius 3 is 1.65 bits per heavy atom. The van der Waals surface area contributed by atoms with Gasteiger partial charge in [0.15, 0.2) is 0 Å². The van der Waals surface area contributed by atoms with Gasteiger partial charge in [0, 0.05) is 35.4 Å². The zero-order chi connectivity index (χ0) is 17.5. The maximum Gasteiger partial charge on any atom is 0.0307 e. The SMILES string of the molecule is C[Si]C.[H-].[H-].[Hf].c1ccc2[cH-]ccc2c1.c1ccc2c(c1)[cH-]c1ccccc12. The van der Waals surface area contributed by atoms with E-state index in [4.69, 9.17) is 0 Å². The Hall–Kier alpha value is -1.77. The fraction of sp³-hybridized carbons (Fsp3) is 0.0833. The summed E-state index contributed by atoms with van der Waals surface area (Å²) in [5.74, 6) is 0. The van der Waals surface area contributed by atoms with Crippen molar-refractivity contribution >= 4 is 41.8 Å². The normalized spacial score (nSPS) is 9.77. The Morgan fingerprint density at radius 1 is 0.654 bits per heavy atom. The first-order valence-corrected chi connectivity index (χ1v) is 10.6. The maximum absolute atomic E-state index is 2.24. The van der Waals surface area contributed by atoms with Gasteiger partial charge < -0.3 is 2.85 Å². The molecule has 5 aromatic carbocycles. The van der Waals surface area contributed by atoms with Crippen molar-refractivity contribution in [2.75, 3.05) is 0 Å². The molecule has 0 aliphatic heterocycles. The summed E-state index contributed by atoms with van der Waals surface area (Å²) in [7, 11) is 1.08. The van der Waals surface area contributed by atoms with Gasteiger partial charge in [-0.05, 0) is 0 Å². The van der Waals surface area contributed by atoms with Gasteiger partial charge in [0.25, 0.3) is 0 Å². The third kappa shape index (κ3) is 4.90. The minimum absolute atomic E-state index is 0. The molecule has 0 aromatic heterocycles. The molecular formula is C24H24HfSi-4. The van der Waals surface area contributed by atoms with E-state index in [0.717, 1.165) is 9.52 Å². The van der Waals surface area contributed by atoms with Crippen molar-refractivity contribution in [2.24, 2.45) is 0 Å². The summed E-state index contributed by atoms with van der Waals surface area (Å²) in [6.45, 7) is 4.31. The van der Waals surface area contributed by atoms with Gasteiger partial charge in [-0.1, -0.05) is 55.6 Å². The zero-order valence-corrected chi connectivity index (χ0v) is 19.8. The summed E-state index contributed by atoms with van der Waals surface area (Å²) < 4.78 is 0. The first-order valence-electron chi connectivity index (χ1n) is 8.55. The van der Waals surface area contributed by atoms with Crippen molar-refractivity contribution in [1.82, 2.24) is 0 Å². The first-order chi connectivity index (χ1) is 12.3. The second-order valence-electron chi connectivity index (χ2n) is 5.97. The first kappa shape index (κ1) is 20.5. The number of fused-ring (bicyclic) bond motifs is 4. The maximum atomic E-state index is 2.24. The van der Waals surface area contributed by atoms with Crippen LogP contribution in [0.4, 0.5) is 0 Å². The summed E-state index contributed by atoms with van der Waals surface area (Å²) in [6.07, 6.45) is 0. The molecule has 5 rings (SSSR count). The van der Waals surface area contributed by atoms with E-state index in [1.165, 1.54) is 32.3 Å². The van der Waals surface area contributed by atoms with E-state index in [9.17, 15) is 0 Å². The molecule has 0 atom stereocenters. The molecule has 0 amide bonds. The van der Waals surface area contributed by atoms with Crippen LogP contribution in [0.1, 0.15) is 2.85 Å². The van der Waals surface area contributed by atoms with Gasteiger partial charge in [-0.15, -0.1) is 69.4 Å². The third-order valence-electron chi connectivity index (χ3n) is 4.07. The van der Waals surface area contributed by atoms with Crippen LogP contribution in [0, 0.1) is 0 Å². The smallest absolute Gasteiger partial charge is 0.0307 e. The minimum atomic E-state index is 0. The fourth-order valence-corrected chi connectivity index (χ4v) is 2.97. The number of hydrogen-bond donors (Lipinski definition) is 0. The summed E-state index contributed by atoms with van der Waals surface area (Å²) in [5.41, 5.74) is 0. The molecule has 26 heavy (non-hydrogen) atoms. The summed E-state index contributed by atoms with van der Waals surface area (Å²) in [6, 6.07) is 33.9. The average Bonchev–Trinajstić information content (AvgIpc) is 3.27. The third-order valence-corrected chi connectivity index (χ3v) is 4.07. The van der Waals surface area contributed by atoms with Crippen LogP contribution < -0.4 is 0 Å². The van der Waals surface area contributed by atoms with E-state index in [0.29, 0.717) is 0 Å². The number of benzene rings is 3. The van der Waals surface area contributed by atoms with E-state index < -0.39 is 0 Å². The van der Waals surface area contributed by atoms with Crippen molar-refractivity contribution in [2.45, 2.75) is 13.1 Å². The Morgan fingerprint density at radius 2 is 1.12 bits per heavy atom. The molecule has 132 valence electrons. The fourth-order valence-electron chi connectivity index (χ4n) is 2.97. The van der Waals surface area contributed by atoms with E-state index in [1.54, 1.807) is 0 Å². The van der Waals surface area contributed by atoms with Gasteiger partial charge in [0.1, 0.15) is 0 Å². The van der Waals surface area contributed by atoms with Crippen molar-refractivity contribution < 1.29 is 28.7 Å². The predicted molar refractivity (Wildman–Crippen MR) is 116 cm³/mol. The Balaban J connectivity index is 0.000000434. The van der Waals surface area contributed by atoms with Gasteiger partial charge >= 0.3 is 0 Å². The van der Waals surface area contributed by atoms with Crippen LogP contribution in [0.25, 0.3) is 32.3 Å². The average molecular weight is 519 g/mol. The number of hydrogen-bond acceptors (Lipinski definition) is 0. The Bertz CT molecular complexity index is 985. The molecule has 0 fully saturated rings. The molecule has 0 heterocycles. The molecule has 0 aliphatic rings. The topological polar surface area (TPSA) is 0 Å². The second-order valence-corrected chi connectivity index (χ2v) is 6.97. The molecule has 0 unspecified atom stereocenters. The predicted octanol–water partition coefficient (Wildman–Crippen LogP) is 7.28. The Labute approximate surface area is 180 Å². The van der Waals surface area contributed by atoms with Gasteiger partial charge in [-0.2, -0.15) is 17.5 Å². The molecule has 0 nitrogen and oxygen atoms in total. The van der Waals surface area contributed by atoms with Crippen LogP contribution in [-0.2, 0) is 25.8 Å². The van der Waals surface area contributed by atoms with Crippen molar-refractivity contribution in [3.63, 3.8) is 0 Å². The molecule has 2 radical (unpaired) electrons. The van der Waals surface area contributed by atoms with Crippen LogP contribution in [-0.4, -0.2) is 9.52 Å². The molecule has 2 heteroatoms. The van der Waals surface area contributed by atoms with Crippen molar-refractivity contribution in [1.29, 1.82) is 0 Å². The van der Waals surface area contributed by atoms with E-state index in [-0.39, 0.29) is 28.7 Å². The van der Waals surface area contributed by atoms with E-state index in [2.05, 4.69) is 110 Å². The minimum Gasteiger partial charge on any atom is -1.00 e. The van der Waals surface area contributed by atoms with Crippen molar-refractivity contribution in [3.8, 4) is 0 Å². The molecule has 0 N–H and O–H groups in total. The van der Waals surface area contributed by atoms with Gasteiger partial charge in [-0.25, -0.2) is 0 Å². The summed E-state index contributed by atoms with van der Waals surface area (Å²) >= 11 is 0. The molecule has 0 saturated heterocycles. The van der Waals surface area contributed by atoms with Crippen LogP contribution >= 0.6 is 0 Å². The van der Waals surface area contributed by atoms with Crippen LogP contribution in [0.3, 0.4) is 0 Å². The van der Waals surface area contributed by atoms with E-state index in [1.807, 2.05) is 0 Å². The summed E-state index contributed by atoms with van der Waals surface area (Å²) in [4.78, 5) is 0. The molecule has 0 bridgehead atoms. The van der Waals surface area contributed by atoms with Crippen molar-refractivity contribution in [3.05, 3.63) is 97.1 Å². The molecule has 0 saturated carbocycles. The molecular weight excluding hydrogens is 495 g/mol. The van der Waals surface area contributed by atoms with Crippen LogP contribution in [0.5, 0.6) is 0 Å². The molecule has 5 aromatic rings. The molecule has 0 spiro atoms. The quantitative estimate of drug-likeness (QED) is 0.149. The Kier molecular flexibility index (Phi) is 8.21. The van der Waals surface area contributed by atoms with Gasteiger partial charge in [-0.3, -0.25) is 0 Å². The standard InChI is InChI=1S/C13H9.C9H7.C2H6Si.Hf.2H/c1-3-7-12-10(5-1)9-11-6-2-4-8-13(11)12;1-2-5-9-7-3-6-8(9)4-1;1-3-2;;;/h1-9H;1-7H;1-2H3;;;/q2*-1;;;2*-1.